The Hall–Kier alpha value is -8.15. The number of hydrogen-bond donors (Lipinski definition) is 0. The fourth-order valence-corrected chi connectivity index (χ4v) is 10.2. The zero-order valence-electron chi connectivity index (χ0n) is 31.9. The molecule has 0 aliphatic heterocycles. The Kier molecular flexibility index (Phi) is 6.11. The second-order valence-corrected chi connectivity index (χ2v) is 16.0. The smallest absolute Gasteiger partial charge is 0.263 e. The normalized spacial score (nSPS) is 12.4. The second kappa shape index (κ2) is 11.5. The summed E-state index contributed by atoms with van der Waals surface area (Å²) in [5.41, 5.74) is 13.0. The molecule has 0 radical (unpaired) electrons. The molecule has 9 aromatic carbocycles. The Morgan fingerprint density at radius 3 is 1.92 bits per heavy atom. The van der Waals surface area contributed by atoms with E-state index in [0.717, 1.165) is 121 Å². The molecule has 0 unspecified atom stereocenters. The first-order chi connectivity index (χ1) is 29.7. The third kappa shape index (κ3) is 4.17. The van der Waals surface area contributed by atoms with Crippen molar-refractivity contribution >= 4 is 104 Å². The standard InChI is InChI=1S/C55H30N2O3/c58-55-39-16-5-4-13-36(39)43-26-33(31-11-2-1-3-12-31)27-44-40-25-32(21-23-47(40)57(55)54(43)44)35-17-10-20-51-53(35)45-28-34(22-24-50(45)59-51)56-46-18-8-6-14-37(46)41-30-52-42(29-48(41)56)38-15-7-9-19-49(38)60-52/h1-30H. The third-order valence-electron chi connectivity index (χ3n) is 12.8. The molecule has 5 heterocycles. The minimum atomic E-state index is 0.000482. The Morgan fingerprint density at radius 2 is 1.03 bits per heavy atom. The predicted octanol–water partition coefficient (Wildman–Crippen LogP) is 14.4. The van der Waals surface area contributed by atoms with Gasteiger partial charge in [0.25, 0.3) is 5.56 Å². The molecule has 278 valence electrons. The van der Waals surface area contributed by atoms with Crippen LogP contribution < -0.4 is 5.56 Å². The Morgan fingerprint density at radius 1 is 0.350 bits per heavy atom. The highest BCUT2D eigenvalue weighted by atomic mass is 16.3. The molecular formula is C55H30N2O3. The number of rotatable bonds is 3. The summed E-state index contributed by atoms with van der Waals surface area (Å²) >= 11 is 0. The molecule has 0 N–H and O–H groups in total. The molecule has 14 aromatic rings. The van der Waals surface area contributed by atoms with Crippen LogP contribution in [0.1, 0.15) is 0 Å². The van der Waals surface area contributed by atoms with E-state index in [-0.39, 0.29) is 5.56 Å². The summed E-state index contributed by atoms with van der Waals surface area (Å²) in [5, 5.41) is 11.5. The van der Waals surface area contributed by atoms with Crippen LogP contribution in [0.2, 0.25) is 0 Å². The van der Waals surface area contributed by atoms with Gasteiger partial charge in [0, 0.05) is 59.5 Å². The maximum Gasteiger partial charge on any atom is 0.263 e. The third-order valence-corrected chi connectivity index (χ3v) is 12.8. The van der Waals surface area contributed by atoms with Crippen molar-refractivity contribution in [3.8, 4) is 27.9 Å². The van der Waals surface area contributed by atoms with Gasteiger partial charge in [0.05, 0.1) is 22.1 Å². The lowest BCUT2D eigenvalue weighted by Gasteiger charge is -2.09. The molecule has 0 fully saturated rings. The van der Waals surface area contributed by atoms with Crippen molar-refractivity contribution in [2.45, 2.75) is 0 Å². The van der Waals surface area contributed by atoms with Gasteiger partial charge < -0.3 is 13.4 Å². The van der Waals surface area contributed by atoms with Crippen molar-refractivity contribution in [3.05, 3.63) is 192 Å². The van der Waals surface area contributed by atoms with Gasteiger partial charge in [0.15, 0.2) is 0 Å². The van der Waals surface area contributed by atoms with Crippen molar-refractivity contribution in [2.24, 2.45) is 0 Å². The molecule has 5 heteroatoms. The van der Waals surface area contributed by atoms with Crippen LogP contribution in [-0.4, -0.2) is 8.97 Å². The number of hydrogen-bond acceptors (Lipinski definition) is 3. The van der Waals surface area contributed by atoms with Gasteiger partial charge in [0.2, 0.25) is 0 Å². The lowest BCUT2D eigenvalue weighted by Crippen LogP contribution is -2.12. The molecule has 0 saturated carbocycles. The van der Waals surface area contributed by atoms with Crippen LogP contribution in [0, 0.1) is 0 Å². The number of nitrogens with zero attached hydrogens (tertiary/aromatic N) is 2. The van der Waals surface area contributed by atoms with Crippen LogP contribution in [0.5, 0.6) is 0 Å². The van der Waals surface area contributed by atoms with E-state index in [4.69, 9.17) is 8.83 Å². The molecule has 0 bridgehead atoms. The zero-order valence-corrected chi connectivity index (χ0v) is 31.9. The fraction of sp³-hybridized carbons (Fsp3) is 0. The molecule has 5 aromatic heterocycles. The van der Waals surface area contributed by atoms with Crippen LogP contribution in [-0.2, 0) is 0 Å². The maximum atomic E-state index is 14.3. The summed E-state index contributed by atoms with van der Waals surface area (Å²) in [6.07, 6.45) is 0. The van der Waals surface area contributed by atoms with E-state index in [0.29, 0.717) is 5.39 Å². The number of benzene rings is 9. The monoisotopic (exact) mass is 766 g/mol. The van der Waals surface area contributed by atoms with E-state index in [1.54, 1.807) is 0 Å². The highest BCUT2D eigenvalue weighted by Gasteiger charge is 2.22. The zero-order chi connectivity index (χ0) is 39.2. The quantitative estimate of drug-likeness (QED) is 0.168. The first kappa shape index (κ1) is 31.9. The topological polar surface area (TPSA) is 52.7 Å². The first-order valence-corrected chi connectivity index (χ1v) is 20.3. The van der Waals surface area contributed by atoms with E-state index in [1.165, 1.54) is 5.39 Å². The SMILES string of the molecule is O=c1c2ccccc2c2cc(-c3ccccc3)cc3c4cc(-c5cccc6oc7ccc(-n8c9ccccc9c9cc%10oc%11ccccc%11c%10cc98)cc7c56)ccc4n1c23. The van der Waals surface area contributed by atoms with Crippen LogP contribution in [0.25, 0.3) is 132 Å². The van der Waals surface area contributed by atoms with E-state index in [2.05, 4.69) is 150 Å². The molecule has 5 nitrogen and oxygen atoms in total. The largest absolute Gasteiger partial charge is 0.456 e. The van der Waals surface area contributed by atoms with Gasteiger partial charge in [-0.15, -0.1) is 0 Å². The molecule has 14 rings (SSSR count). The lowest BCUT2D eigenvalue weighted by molar-refractivity contribution is 0.669. The molecule has 0 amide bonds. The number of aromatic nitrogens is 2. The average Bonchev–Trinajstić information content (AvgIpc) is 4.05. The van der Waals surface area contributed by atoms with Crippen LogP contribution in [0.4, 0.5) is 0 Å². The number of furan rings is 2. The van der Waals surface area contributed by atoms with Gasteiger partial charge in [0.1, 0.15) is 22.3 Å². The van der Waals surface area contributed by atoms with Crippen molar-refractivity contribution in [1.82, 2.24) is 8.97 Å². The fourth-order valence-electron chi connectivity index (χ4n) is 10.2. The van der Waals surface area contributed by atoms with Gasteiger partial charge in [-0.25, -0.2) is 0 Å². The van der Waals surface area contributed by atoms with Crippen molar-refractivity contribution in [2.75, 3.05) is 0 Å². The molecule has 60 heavy (non-hydrogen) atoms. The van der Waals surface area contributed by atoms with E-state index in [1.807, 2.05) is 40.8 Å². The van der Waals surface area contributed by atoms with Gasteiger partial charge >= 0.3 is 0 Å². The number of para-hydroxylation sites is 2. The molecule has 0 spiro atoms. The van der Waals surface area contributed by atoms with Crippen molar-refractivity contribution in [3.63, 3.8) is 0 Å². The Balaban J connectivity index is 1.03. The van der Waals surface area contributed by atoms with E-state index in [9.17, 15) is 4.79 Å². The Bertz CT molecular complexity index is 4200. The van der Waals surface area contributed by atoms with Crippen molar-refractivity contribution < 1.29 is 8.83 Å². The molecule has 0 saturated heterocycles. The van der Waals surface area contributed by atoms with Crippen molar-refractivity contribution in [1.29, 1.82) is 0 Å². The van der Waals surface area contributed by atoms with E-state index < -0.39 is 0 Å². The summed E-state index contributed by atoms with van der Waals surface area (Å²) < 4.78 is 17.2. The predicted molar refractivity (Wildman–Crippen MR) is 247 cm³/mol. The number of pyridine rings is 1. The summed E-state index contributed by atoms with van der Waals surface area (Å²) in [4.78, 5) is 14.3. The van der Waals surface area contributed by atoms with Gasteiger partial charge in [-0.05, 0) is 107 Å². The highest BCUT2D eigenvalue weighted by Crippen LogP contribution is 2.44. The first-order valence-electron chi connectivity index (χ1n) is 20.3. The summed E-state index contributed by atoms with van der Waals surface area (Å²) in [7, 11) is 0. The molecule has 0 aliphatic rings. The number of fused-ring (bicyclic) bond motifs is 14. The van der Waals surface area contributed by atoms with Crippen LogP contribution >= 0.6 is 0 Å². The minimum Gasteiger partial charge on any atom is -0.456 e. The van der Waals surface area contributed by atoms with E-state index >= 15 is 0 Å². The molecule has 0 aliphatic carbocycles. The summed E-state index contributed by atoms with van der Waals surface area (Å²) in [5.74, 6) is 0. The van der Waals surface area contributed by atoms with Gasteiger partial charge in [-0.1, -0.05) is 103 Å². The van der Waals surface area contributed by atoms with Gasteiger partial charge in [-0.3, -0.25) is 9.20 Å². The van der Waals surface area contributed by atoms with Gasteiger partial charge in [-0.2, -0.15) is 0 Å². The Labute approximate surface area is 340 Å². The highest BCUT2D eigenvalue weighted by molar-refractivity contribution is 6.23. The average molecular weight is 767 g/mol. The lowest BCUT2D eigenvalue weighted by atomic mass is 9.96. The van der Waals surface area contributed by atoms with Crippen LogP contribution in [0.3, 0.4) is 0 Å². The molecular weight excluding hydrogens is 737 g/mol. The minimum absolute atomic E-state index is 0.000482. The molecule has 0 atom stereocenters. The summed E-state index contributed by atoms with van der Waals surface area (Å²) in [6, 6.07) is 63.7. The summed E-state index contributed by atoms with van der Waals surface area (Å²) in [6.45, 7) is 0. The second-order valence-electron chi connectivity index (χ2n) is 16.0. The van der Waals surface area contributed by atoms with Crippen LogP contribution in [0.15, 0.2) is 196 Å². The maximum absolute atomic E-state index is 14.3.